The molecule has 0 aromatic heterocycles. The molecule has 13 N–H and O–H groups in total. The van der Waals surface area contributed by atoms with E-state index in [4.69, 9.17) is 9.79 Å². The lowest BCUT2D eigenvalue weighted by Gasteiger charge is -2.48. The topological polar surface area (TPSA) is 447 Å². The Kier molecular flexibility index (Phi) is 12.7. The molecule has 0 radical (unpaired) electrons. The third-order valence-electron chi connectivity index (χ3n) is 3.70. The van der Waals surface area contributed by atoms with Gasteiger partial charge in [-0.3, -0.25) is 27.1 Å². The average Bonchev–Trinajstić information content (AvgIpc) is 2.57. The molecule has 1 aliphatic carbocycles. The highest BCUT2D eigenvalue weighted by atomic mass is 31.3. The van der Waals surface area contributed by atoms with Gasteiger partial charge in [-0.25, -0.2) is 32.0 Å². The Morgan fingerprint density at radius 3 is 0.625 bits per heavy atom. The quantitative estimate of drug-likeness (QED) is 0.0788. The van der Waals surface area contributed by atoms with Crippen molar-refractivity contribution in [2.75, 3.05) is 0 Å². The number of hydrogen-bond donors (Lipinski definition) is 13. The van der Waals surface area contributed by atoms with E-state index < -0.39 is 91.4 Å². The SMILES string of the molecule is O=P(O)(O)OC1C(OP(=O)(O)O)C(OP(=O)(O)O)[C@H](OP(=O)(O)O)C(OP(=O)(O)OP(=O)(O)O)C1OP(=O)(O)O. The van der Waals surface area contributed by atoms with Gasteiger partial charge in [0, 0.05) is 0 Å². The van der Waals surface area contributed by atoms with E-state index in [1.54, 1.807) is 0 Å². The van der Waals surface area contributed by atoms with Crippen molar-refractivity contribution in [2.24, 2.45) is 0 Å². The molecule has 0 aliphatic heterocycles. The first-order chi connectivity index (χ1) is 17.3. The molecule has 1 aliphatic rings. The summed E-state index contributed by atoms with van der Waals surface area (Å²) in [5.41, 5.74) is 0. The molecule has 240 valence electrons. The van der Waals surface area contributed by atoms with E-state index in [1.807, 2.05) is 0 Å². The van der Waals surface area contributed by atoms with Crippen molar-refractivity contribution in [2.45, 2.75) is 36.6 Å². The van der Waals surface area contributed by atoms with E-state index in [0.717, 1.165) is 0 Å². The molecule has 0 bridgehead atoms. The van der Waals surface area contributed by atoms with Gasteiger partial charge in [0.25, 0.3) is 0 Å². The van der Waals surface area contributed by atoms with Gasteiger partial charge in [-0.15, -0.1) is 0 Å². The van der Waals surface area contributed by atoms with Gasteiger partial charge >= 0.3 is 54.8 Å². The van der Waals surface area contributed by atoms with Crippen molar-refractivity contribution >= 4 is 54.8 Å². The van der Waals surface area contributed by atoms with Crippen LogP contribution in [0.1, 0.15) is 0 Å². The summed E-state index contributed by atoms with van der Waals surface area (Å²) in [7, 11) is -43.3. The summed E-state index contributed by atoms with van der Waals surface area (Å²) in [4.78, 5) is 119. The van der Waals surface area contributed by atoms with E-state index in [-0.39, 0.29) is 0 Å². The molecule has 0 aromatic carbocycles. The second-order valence-electron chi connectivity index (χ2n) is 6.91. The lowest BCUT2D eigenvalue weighted by molar-refractivity contribution is -0.201. The highest BCUT2D eigenvalue weighted by Gasteiger charge is 2.63. The summed E-state index contributed by atoms with van der Waals surface area (Å²) >= 11 is 0. The number of phosphoric acid groups is 7. The molecule has 1 fully saturated rings. The van der Waals surface area contributed by atoms with E-state index in [2.05, 4.69) is 31.5 Å². The second kappa shape index (κ2) is 13.0. The van der Waals surface area contributed by atoms with E-state index in [9.17, 15) is 85.8 Å². The molecule has 7 atom stereocenters. The predicted octanol–water partition coefficient (Wildman–Crippen LogP) is -3.02. The molecular weight excluding hydrogens is 721 g/mol. The lowest BCUT2D eigenvalue weighted by atomic mass is 9.85. The zero-order valence-electron chi connectivity index (χ0n) is 18.1. The largest absolute Gasteiger partial charge is 0.481 e. The number of rotatable bonds is 14. The van der Waals surface area contributed by atoms with Crippen LogP contribution < -0.4 is 0 Å². The zero-order valence-corrected chi connectivity index (χ0v) is 24.4. The fraction of sp³-hybridized carbons (Fsp3) is 1.00. The van der Waals surface area contributed by atoms with Crippen LogP contribution in [0.5, 0.6) is 0 Å². The van der Waals surface area contributed by atoms with Gasteiger partial charge in [0.1, 0.15) is 36.6 Å². The normalized spacial score (nSPS) is 29.2. The van der Waals surface area contributed by atoms with Gasteiger partial charge in [0.15, 0.2) is 0 Å². The fourth-order valence-corrected chi connectivity index (χ4v) is 7.50. The lowest BCUT2D eigenvalue weighted by Crippen LogP contribution is -2.66. The van der Waals surface area contributed by atoms with E-state index in [0.29, 0.717) is 0 Å². The van der Waals surface area contributed by atoms with Crippen molar-refractivity contribution in [3.8, 4) is 0 Å². The Morgan fingerprint density at radius 2 is 0.475 bits per heavy atom. The standard InChI is InChI=1S/C6H19O27P7/c7-34(8,9)27-1-2(28-35(10,11)12)4(30-37(16,17)18)6(32-40(25,26)33-39(22,23)24)5(31-38(19,20)21)3(1)29-36(13,14)15/h1-6H,(H,25,26)(H2,7,8,9)(H2,10,11,12)(H2,13,14,15)(H2,16,17,18)(H2,19,20,21)(H2,22,23,24)/t1?,2?,3?,4-,5?,6?/m0/s1. The maximum atomic E-state index is 12.2. The first kappa shape index (κ1) is 38.8. The van der Waals surface area contributed by atoms with Crippen LogP contribution >= 0.6 is 54.8 Å². The third kappa shape index (κ3) is 15.0. The smallest absolute Gasteiger partial charge is 0.303 e. The van der Waals surface area contributed by atoms with Crippen LogP contribution in [0.15, 0.2) is 0 Å². The molecule has 0 saturated heterocycles. The molecule has 40 heavy (non-hydrogen) atoms. The predicted molar refractivity (Wildman–Crippen MR) is 112 cm³/mol. The monoisotopic (exact) mass is 740 g/mol. The molecule has 1 rings (SSSR count). The van der Waals surface area contributed by atoms with E-state index >= 15 is 0 Å². The Balaban J connectivity index is 4.13. The van der Waals surface area contributed by atoms with Crippen molar-refractivity contribution < 1.29 is 127 Å². The van der Waals surface area contributed by atoms with Gasteiger partial charge in [0.2, 0.25) is 0 Å². The summed E-state index contributed by atoms with van der Waals surface area (Å²) in [5, 5.41) is 0. The minimum absolute atomic E-state index is 3.27. The Morgan fingerprint density at radius 1 is 0.300 bits per heavy atom. The molecule has 6 unspecified atom stereocenters. The average molecular weight is 740 g/mol. The first-order valence-corrected chi connectivity index (χ1v) is 19.4. The zero-order chi connectivity index (χ0) is 31.9. The van der Waals surface area contributed by atoms with Crippen molar-refractivity contribution in [3.05, 3.63) is 0 Å². The van der Waals surface area contributed by atoms with Crippen LogP contribution in [0, 0.1) is 0 Å². The summed E-state index contributed by atoms with van der Waals surface area (Å²) in [6.07, 6.45) is -19.9. The van der Waals surface area contributed by atoms with Crippen molar-refractivity contribution in [1.29, 1.82) is 0 Å². The summed E-state index contributed by atoms with van der Waals surface area (Å²) < 4.78 is 109. The maximum absolute atomic E-state index is 12.2. The highest BCUT2D eigenvalue weighted by molar-refractivity contribution is 7.60. The van der Waals surface area contributed by atoms with Crippen LogP contribution in [-0.2, 0) is 63.4 Å². The number of hydrogen-bond acceptors (Lipinski definition) is 14. The van der Waals surface area contributed by atoms with Gasteiger partial charge in [-0.05, 0) is 0 Å². The Bertz CT molecular complexity index is 1160. The van der Waals surface area contributed by atoms with E-state index in [1.165, 1.54) is 0 Å². The molecule has 0 aromatic rings. The molecule has 27 nitrogen and oxygen atoms in total. The minimum atomic E-state index is -6.43. The fourth-order valence-electron chi connectivity index (χ4n) is 2.94. The number of phosphoric ester groups is 6. The van der Waals surface area contributed by atoms with Crippen molar-refractivity contribution in [3.63, 3.8) is 0 Å². The minimum Gasteiger partial charge on any atom is -0.303 e. The summed E-state index contributed by atoms with van der Waals surface area (Å²) in [6.45, 7) is 0. The van der Waals surface area contributed by atoms with Gasteiger partial charge < -0.3 is 63.6 Å². The van der Waals surface area contributed by atoms with Crippen LogP contribution in [-0.4, -0.2) is 100 Å². The van der Waals surface area contributed by atoms with Gasteiger partial charge in [0.05, 0.1) is 0 Å². The van der Waals surface area contributed by atoms with Crippen LogP contribution in [0.25, 0.3) is 0 Å². The van der Waals surface area contributed by atoms with Crippen molar-refractivity contribution in [1.82, 2.24) is 0 Å². The van der Waals surface area contributed by atoms with Gasteiger partial charge in [-0.2, -0.15) is 4.31 Å². The molecule has 0 spiro atoms. The highest BCUT2D eigenvalue weighted by Crippen LogP contribution is 2.62. The maximum Gasteiger partial charge on any atom is 0.481 e. The van der Waals surface area contributed by atoms with Crippen LogP contribution in [0.2, 0.25) is 0 Å². The summed E-state index contributed by atoms with van der Waals surface area (Å²) in [6, 6.07) is 0. The third-order valence-corrected chi connectivity index (χ3v) is 8.48. The molecule has 34 heteroatoms. The van der Waals surface area contributed by atoms with Crippen LogP contribution in [0.3, 0.4) is 0 Å². The molecular formula is C6H19O27P7. The second-order valence-corrected chi connectivity index (χ2v) is 15.7. The molecule has 1 saturated carbocycles. The first-order valence-electron chi connectivity index (χ1n) is 8.75. The van der Waals surface area contributed by atoms with Gasteiger partial charge in [-0.1, -0.05) is 0 Å². The molecule has 0 heterocycles. The Labute approximate surface area is 219 Å². The Hall–Kier alpha value is 0.810. The molecule has 0 amide bonds. The summed E-state index contributed by atoms with van der Waals surface area (Å²) in [5.74, 6) is 0. The van der Waals surface area contributed by atoms with Crippen LogP contribution in [0.4, 0.5) is 0 Å².